The Morgan fingerprint density at radius 1 is 1.18 bits per heavy atom. The molecule has 1 N–H and O–H groups in total. The first kappa shape index (κ1) is 28.9. The van der Waals surface area contributed by atoms with E-state index in [0.717, 1.165) is 54.8 Å². The number of sulfonamides is 1. The van der Waals surface area contributed by atoms with Crippen LogP contribution in [0.25, 0.3) is 0 Å². The van der Waals surface area contributed by atoms with Crippen LogP contribution in [0.15, 0.2) is 23.2 Å². The van der Waals surface area contributed by atoms with Gasteiger partial charge in [0.25, 0.3) is 5.91 Å². The number of amides is 1. The molecule has 0 radical (unpaired) electrons. The van der Waals surface area contributed by atoms with Gasteiger partial charge in [-0.15, -0.1) is 0 Å². The molecule has 0 atom stereocenters. The summed E-state index contributed by atoms with van der Waals surface area (Å²) in [5.41, 5.74) is 2.10. The second kappa shape index (κ2) is 12.0. The normalized spacial score (nSPS) is 24.0. The summed E-state index contributed by atoms with van der Waals surface area (Å²) >= 11 is 0. The molecule has 1 aromatic rings. The minimum absolute atomic E-state index is 0.0252. The monoisotopic (exact) mass is 545 g/mol. The van der Waals surface area contributed by atoms with Gasteiger partial charge in [0.2, 0.25) is 10.0 Å². The van der Waals surface area contributed by atoms with Crippen molar-refractivity contribution in [3.05, 3.63) is 34.9 Å². The highest BCUT2D eigenvalue weighted by molar-refractivity contribution is 7.89. The van der Waals surface area contributed by atoms with Gasteiger partial charge >= 0.3 is 0 Å². The maximum atomic E-state index is 13.1. The highest BCUT2D eigenvalue weighted by Crippen LogP contribution is 2.36. The molecule has 0 aromatic heterocycles. The predicted octanol–water partition coefficient (Wildman–Crippen LogP) is 3.59. The van der Waals surface area contributed by atoms with Gasteiger partial charge in [0.1, 0.15) is 17.2 Å². The molecular weight excluding hydrogens is 502 g/mol. The first-order chi connectivity index (χ1) is 18.0. The molecule has 1 aromatic carbocycles. The van der Waals surface area contributed by atoms with Gasteiger partial charge < -0.3 is 10.1 Å². The highest BCUT2D eigenvalue weighted by atomic mass is 32.2. The number of ether oxygens (including phenoxy) is 1. The number of aliphatic imine (C=N–C) groups is 1. The SMILES string of the molecule is CC(=O)Cc1ccc(CCS(=O)(=O)N2CCC3(CC2)N=C(C2CCC(COC(C)C)CC2)NC3=O)c(C)c1. The Morgan fingerprint density at radius 2 is 1.87 bits per heavy atom. The number of nitrogens with zero attached hydrogens (tertiary/aromatic N) is 2. The summed E-state index contributed by atoms with van der Waals surface area (Å²) in [4.78, 5) is 29.3. The molecule has 2 heterocycles. The van der Waals surface area contributed by atoms with Crippen LogP contribution in [0.5, 0.6) is 0 Å². The summed E-state index contributed by atoms with van der Waals surface area (Å²) < 4.78 is 33.6. The van der Waals surface area contributed by atoms with Crippen molar-refractivity contribution in [2.75, 3.05) is 25.4 Å². The van der Waals surface area contributed by atoms with Crippen molar-refractivity contribution in [3.8, 4) is 0 Å². The maximum Gasteiger partial charge on any atom is 0.253 e. The summed E-state index contributed by atoms with van der Waals surface area (Å²) in [6, 6.07) is 5.80. The number of rotatable bonds is 10. The number of benzene rings is 1. The summed E-state index contributed by atoms with van der Waals surface area (Å²) in [6.07, 6.45) is 6.03. The highest BCUT2D eigenvalue weighted by Gasteiger charge is 2.48. The van der Waals surface area contributed by atoms with Gasteiger partial charge in [-0.25, -0.2) is 12.7 Å². The minimum Gasteiger partial charge on any atom is -0.379 e. The first-order valence-electron chi connectivity index (χ1n) is 14.1. The van der Waals surface area contributed by atoms with E-state index in [1.807, 2.05) is 25.1 Å². The van der Waals surface area contributed by atoms with Crippen LogP contribution < -0.4 is 5.32 Å². The Balaban J connectivity index is 1.30. The largest absolute Gasteiger partial charge is 0.379 e. The third-order valence-corrected chi connectivity index (χ3v) is 10.2. The van der Waals surface area contributed by atoms with Gasteiger partial charge in [0.05, 0.1) is 11.9 Å². The lowest BCUT2D eigenvalue weighted by Crippen LogP contribution is -2.51. The molecule has 210 valence electrons. The standard InChI is InChI=1S/C29H43N3O5S/c1-20(2)37-19-23-5-9-26(10-6-23)27-30-28(34)29(31-27)12-14-32(15-13-29)38(35,36)16-11-25-8-7-24(17-21(25)3)18-22(4)33/h7-8,17,20,23,26H,5-6,9-16,18-19H2,1-4H3,(H,30,31,34). The molecule has 38 heavy (non-hydrogen) atoms. The zero-order valence-corrected chi connectivity index (χ0v) is 24.1. The van der Waals surface area contributed by atoms with E-state index in [1.165, 1.54) is 4.31 Å². The Morgan fingerprint density at radius 3 is 2.47 bits per heavy atom. The molecule has 9 heteroatoms. The van der Waals surface area contributed by atoms with Crippen LogP contribution in [0.4, 0.5) is 0 Å². The number of aryl methyl sites for hydroxylation is 2. The van der Waals surface area contributed by atoms with Gasteiger partial charge in [0.15, 0.2) is 0 Å². The van der Waals surface area contributed by atoms with Crippen molar-refractivity contribution in [1.82, 2.24) is 9.62 Å². The molecule has 2 fully saturated rings. The molecular formula is C29H43N3O5S. The number of piperidine rings is 1. The number of Topliss-reactive ketones (excluding diaryl/α,β-unsaturated/α-hetero) is 1. The van der Waals surface area contributed by atoms with E-state index in [1.54, 1.807) is 6.92 Å². The maximum absolute atomic E-state index is 13.1. The Bertz CT molecular complexity index is 1160. The quantitative estimate of drug-likeness (QED) is 0.484. The van der Waals surface area contributed by atoms with Crippen LogP contribution in [0.1, 0.15) is 76.0 Å². The van der Waals surface area contributed by atoms with E-state index in [4.69, 9.17) is 9.73 Å². The van der Waals surface area contributed by atoms with Crippen LogP contribution in [0.2, 0.25) is 0 Å². The number of hydrogen-bond donors (Lipinski definition) is 1. The predicted molar refractivity (Wildman–Crippen MR) is 149 cm³/mol. The number of carbonyl (C=O) groups is 2. The molecule has 1 amide bonds. The number of amidine groups is 1. The molecule has 2 aliphatic heterocycles. The van der Waals surface area contributed by atoms with E-state index in [2.05, 4.69) is 19.2 Å². The number of carbonyl (C=O) groups excluding carboxylic acids is 2. The third kappa shape index (κ3) is 6.90. The lowest BCUT2D eigenvalue weighted by atomic mass is 9.81. The van der Waals surface area contributed by atoms with Crippen molar-refractivity contribution in [2.45, 2.75) is 90.7 Å². The molecule has 4 rings (SSSR count). The summed E-state index contributed by atoms with van der Waals surface area (Å²) in [5.74, 6) is 1.69. The van der Waals surface area contributed by atoms with Crippen molar-refractivity contribution in [2.24, 2.45) is 16.8 Å². The van der Waals surface area contributed by atoms with Crippen molar-refractivity contribution < 1.29 is 22.7 Å². The van der Waals surface area contributed by atoms with Crippen LogP contribution in [0, 0.1) is 18.8 Å². The number of ketones is 1. The van der Waals surface area contributed by atoms with Crippen molar-refractivity contribution >= 4 is 27.5 Å². The summed E-state index contributed by atoms with van der Waals surface area (Å²) in [5, 5.41) is 3.06. The minimum atomic E-state index is -3.46. The fourth-order valence-electron chi connectivity index (χ4n) is 5.94. The fourth-order valence-corrected chi connectivity index (χ4v) is 7.42. The van der Waals surface area contributed by atoms with E-state index in [9.17, 15) is 18.0 Å². The molecule has 1 saturated heterocycles. The summed E-state index contributed by atoms with van der Waals surface area (Å²) in [6.45, 7) is 9.05. The Hall–Kier alpha value is -2.10. The van der Waals surface area contributed by atoms with Crippen LogP contribution >= 0.6 is 0 Å². The lowest BCUT2D eigenvalue weighted by molar-refractivity contribution is -0.125. The Labute approximate surface area is 227 Å². The second-order valence-corrected chi connectivity index (χ2v) is 13.8. The zero-order valence-electron chi connectivity index (χ0n) is 23.3. The van der Waals surface area contributed by atoms with Crippen molar-refractivity contribution in [3.63, 3.8) is 0 Å². The first-order valence-corrected chi connectivity index (χ1v) is 15.7. The fraction of sp³-hybridized carbons (Fsp3) is 0.690. The van der Waals surface area contributed by atoms with Crippen molar-refractivity contribution in [1.29, 1.82) is 0 Å². The topological polar surface area (TPSA) is 105 Å². The molecule has 3 aliphatic rings. The van der Waals surface area contributed by atoms with E-state index in [0.29, 0.717) is 44.7 Å². The average Bonchev–Trinajstić information content (AvgIpc) is 3.17. The van der Waals surface area contributed by atoms with E-state index >= 15 is 0 Å². The smallest absolute Gasteiger partial charge is 0.253 e. The Kier molecular flexibility index (Phi) is 9.10. The van der Waals surface area contributed by atoms with Gasteiger partial charge in [-0.3, -0.25) is 14.6 Å². The molecule has 0 unspecified atom stereocenters. The van der Waals surface area contributed by atoms with E-state index in [-0.39, 0.29) is 29.5 Å². The summed E-state index contributed by atoms with van der Waals surface area (Å²) in [7, 11) is -3.46. The lowest BCUT2D eigenvalue weighted by Gasteiger charge is -2.34. The second-order valence-electron chi connectivity index (χ2n) is 11.7. The van der Waals surface area contributed by atoms with Gasteiger partial charge in [-0.1, -0.05) is 18.2 Å². The van der Waals surface area contributed by atoms with Gasteiger partial charge in [-0.2, -0.15) is 0 Å². The molecule has 0 bridgehead atoms. The van der Waals surface area contributed by atoms with Crippen LogP contribution in [0.3, 0.4) is 0 Å². The molecule has 1 saturated carbocycles. The van der Waals surface area contributed by atoms with Crippen LogP contribution in [-0.2, 0) is 37.2 Å². The van der Waals surface area contributed by atoms with Gasteiger partial charge in [0, 0.05) is 32.0 Å². The van der Waals surface area contributed by atoms with E-state index < -0.39 is 15.6 Å². The molecule has 1 aliphatic carbocycles. The molecule has 1 spiro atoms. The zero-order chi connectivity index (χ0) is 27.5. The number of nitrogens with one attached hydrogen (secondary N) is 1. The molecule has 8 nitrogen and oxygen atoms in total. The average molecular weight is 546 g/mol. The third-order valence-electron chi connectivity index (χ3n) is 8.33. The van der Waals surface area contributed by atoms with Crippen LogP contribution in [-0.4, -0.2) is 67.3 Å². The number of hydrogen-bond acceptors (Lipinski definition) is 6. The van der Waals surface area contributed by atoms with Gasteiger partial charge in [-0.05, 0) is 95.2 Å².